The van der Waals surface area contributed by atoms with Crippen LogP contribution < -0.4 is 0 Å². The van der Waals surface area contributed by atoms with Gasteiger partial charge in [-0.25, -0.2) is 0 Å². The van der Waals surface area contributed by atoms with Crippen LogP contribution in [0.4, 0.5) is 0 Å². The Hall–Kier alpha value is -0.830. The highest BCUT2D eigenvalue weighted by Crippen LogP contribution is 2.21. The minimum Gasteiger partial charge on any atom is -0.357 e. The van der Waals surface area contributed by atoms with Gasteiger partial charge in [0.25, 0.3) is 0 Å². The maximum absolute atomic E-state index is 4.32. The van der Waals surface area contributed by atoms with Crippen molar-refractivity contribution in [3.8, 4) is 0 Å². The van der Waals surface area contributed by atoms with Crippen LogP contribution in [0, 0.1) is 13.8 Å². The number of nitrogens with one attached hydrogen (secondary N) is 1. The number of fused-ring (bicyclic) bond motifs is 1. The van der Waals surface area contributed by atoms with Crippen molar-refractivity contribution in [2.75, 3.05) is 0 Å². The number of hydrogen-bond donors (Lipinski definition) is 1. The first-order valence-corrected chi connectivity index (χ1v) is 5.58. The summed E-state index contributed by atoms with van der Waals surface area (Å²) in [6, 6.07) is 2.04. The molecule has 0 atom stereocenters. The zero-order chi connectivity index (χ0) is 10.7. The van der Waals surface area contributed by atoms with E-state index in [2.05, 4.69) is 39.7 Å². The Labute approximate surface area is 92.9 Å². The zero-order valence-electron chi connectivity index (χ0n) is 8.98. The quantitative estimate of drug-likeness (QED) is 0.758. The monoisotopic (exact) mass is 254 g/mol. The molecule has 1 N–H and O–H groups in total. The molecular formula is C11H15BrN2. The topological polar surface area (TPSA) is 28.7 Å². The van der Waals surface area contributed by atoms with Crippen molar-refractivity contribution in [2.24, 2.45) is 0 Å². The summed E-state index contributed by atoms with van der Waals surface area (Å²) in [6.07, 6.45) is 1.82. The van der Waals surface area contributed by atoms with Gasteiger partial charge in [0, 0.05) is 16.4 Å². The summed E-state index contributed by atoms with van der Waals surface area (Å²) in [4.78, 5) is 7.60. The molecule has 2 heterocycles. The van der Waals surface area contributed by atoms with Crippen molar-refractivity contribution < 1.29 is 0 Å². The van der Waals surface area contributed by atoms with Crippen LogP contribution in [0.5, 0.6) is 0 Å². The van der Waals surface area contributed by atoms with E-state index in [0.29, 0.717) is 0 Å². The highest BCUT2D eigenvalue weighted by molar-refractivity contribution is 9.10. The summed E-state index contributed by atoms with van der Waals surface area (Å²) in [5.41, 5.74) is 4.59. The predicted octanol–water partition coefficient (Wildman–Crippen LogP) is 3.97. The Kier molecular flexibility index (Phi) is 3.69. The highest BCUT2D eigenvalue weighted by atomic mass is 79.9. The Morgan fingerprint density at radius 3 is 2.57 bits per heavy atom. The first kappa shape index (κ1) is 11.2. The van der Waals surface area contributed by atoms with Gasteiger partial charge < -0.3 is 4.98 Å². The number of hydrogen-bond acceptors (Lipinski definition) is 1. The van der Waals surface area contributed by atoms with E-state index in [1.165, 1.54) is 11.3 Å². The SMILES string of the molecule is CC.Cc1[nH]c2cc(Br)cnc2c1C. The molecule has 0 spiro atoms. The lowest BCUT2D eigenvalue weighted by atomic mass is 10.2. The Balaban J connectivity index is 0.000000461. The maximum Gasteiger partial charge on any atom is 0.0911 e. The summed E-state index contributed by atoms with van der Waals surface area (Å²) in [6.45, 7) is 8.14. The van der Waals surface area contributed by atoms with Gasteiger partial charge in [-0.3, -0.25) is 4.98 Å². The fourth-order valence-electron chi connectivity index (χ4n) is 1.31. The van der Waals surface area contributed by atoms with E-state index in [1.54, 1.807) is 0 Å². The third-order valence-corrected chi connectivity index (χ3v) is 2.53. The van der Waals surface area contributed by atoms with Gasteiger partial charge in [-0.1, -0.05) is 13.8 Å². The van der Waals surface area contributed by atoms with Gasteiger partial charge in [-0.15, -0.1) is 0 Å². The Morgan fingerprint density at radius 2 is 1.93 bits per heavy atom. The second-order valence-corrected chi connectivity index (χ2v) is 3.84. The molecular weight excluding hydrogens is 240 g/mol. The molecule has 0 unspecified atom stereocenters. The molecule has 0 aliphatic carbocycles. The molecule has 0 aliphatic rings. The lowest BCUT2D eigenvalue weighted by Gasteiger charge is -1.90. The van der Waals surface area contributed by atoms with Crippen LogP contribution in [0.2, 0.25) is 0 Å². The molecule has 0 radical (unpaired) electrons. The minimum atomic E-state index is 1.01. The Morgan fingerprint density at radius 1 is 1.29 bits per heavy atom. The molecule has 2 rings (SSSR count). The number of rotatable bonds is 0. The highest BCUT2D eigenvalue weighted by Gasteiger charge is 2.04. The molecule has 0 amide bonds. The minimum absolute atomic E-state index is 1.01. The average Bonchev–Trinajstić information content (AvgIpc) is 2.45. The molecule has 0 saturated heterocycles. The van der Waals surface area contributed by atoms with Crippen LogP contribution in [0.3, 0.4) is 0 Å². The molecule has 0 saturated carbocycles. The number of H-pyrrole nitrogens is 1. The van der Waals surface area contributed by atoms with Crippen molar-refractivity contribution in [1.29, 1.82) is 0 Å². The average molecular weight is 255 g/mol. The summed E-state index contributed by atoms with van der Waals surface area (Å²) in [7, 11) is 0. The molecule has 0 aliphatic heterocycles. The van der Waals surface area contributed by atoms with Crippen LogP contribution >= 0.6 is 15.9 Å². The van der Waals surface area contributed by atoms with Crippen molar-refractivity contribution in [1.82, 2.24) is 9.97 Å². The van der Waals surface area contributed by atoms with E-state index in [-0.39, 0.29) is 0 Å². The van der Waals surface area contributed by atoms with Gasteiger partial charge in [-0.05, 0) is 41.4 Å². The second kappa shape index (κ2) is 4.60. The summed E-state index contributed by atoms with van der Waals surface area (Å²) < 4.78 is 1.01. The number of halogens is 1. The lowest BCUT2D eigenvalue weighted by molar-refractivity contribution is 1.25. The van der Waals surface area contributed by atoms with Gasteiger partial charge in [0.1, 0.15) is 0 Å². The molecule has 3 heteroatoms. The number of nitrogens with zero attached hydrogens (tertiary/aromatic N) is 1. The van der Waals surface area contributed by atoms with Crippen LogP contribution in [0.25, 0.3) is 11.0 Å². The number of aryl methyl sites for hydroxylation is 2. The lowest BCUT2D eigenvalue weighted by Crippen LogP contribution is -1.76. The number of aromatic amines is 1. The standard InChI is InChI=1S/C9H9BrN2.C2H6/c1-5-6(2)12-8-3-7(10)4-11-9(5)8;1-2/h3-4,12H,1-2H3;1-2H3. The molecule has 2 aromatic heterocycles. The maximum atomic E-state index is 4.32. The summed E-state index contributed by atoms with van der Waals surface area (Å²) in [5, 5.41) is 0. The van der Waals surface area contributed by atoms with Gasteiger partial charge in [0.2, 0.25) is 0 Å². The van der Waals surface area contributed by atoms with Crippen molar-refractivity contribution >= 4 is 27.0 Å². The molecule has 0 fully saturated rings. The first-order chi connectivity index (χ1) is 6.68. The molecule has 2 nitrogen and oxygen atoms in total. The van der Waals surface area contributed by atoms with Crippen molar-refractivity contribution in [2.45, 2.75) is 27.7 Å². The van der Waals surface area contributed by atoms with Crippen molar-refractivity contribution in [3.63, 3.8) is 0 Å². The van der Waals surface area contributed by atoms with E-state index in [1.807, 2.05) is 26.1 Å². The van der Waals surface area contributed by atoms with E-state index >= 15 is 0 Å². The van der Waals surface area contributed by atoms with Crippen LogP contribution in [-0.2, 0) is 0 Å². The largest absolute Gasteiger partial charge is 0.357 e. The third-order valence-electron chi connectivity index (χ3n) is 2.09. The Bertz CT molecular complexity index is 432. The van der Waals surface area contributed by atoms with E-state index in [9.17, 15) is 0 Å². The fourth-order valence-corrected chi connectivity index (χ4v) is 1.64. The molecule has 0 aromatic carbocycles. The van der Waals surface area contributed by atoms with E-state index < -0.39 is 0 Å². The third kappa shape index (κ3) is 1.98. The van der Waals surface area contributed by atoms with Gasteiger partial charge in [-0.2, -0.15) is 0 Å². The molecule has 14 heavy (non-hydrogen) atoms. The van der Waals surface area contributed by atoms with Gasteiger partial charge >= 0.3 is 0 Å². The first-order valence-electron chi connectivity index (χ1n) is 4.79. The normalized spacial score (nSPS) is 9.79. The zero-order valence-corrected chi connectivity index (χ0v) is 10.6. The number of aromatic nitrogens is 2. The summed E-state index contributed by atoms with van der Waals surface area (Å²) >= 11 is 3.38. The van der Waals surface area contributed by atoms with Crippen LogP contribution in [0.1, 0.15) is 25.1 Å². The van der Waals surface area contributed by atoms with Gasteiger partial charge in [0.05, 0.1) is 11.0 Å². The van der Waals surface area contributed by atoms with E-state index in [4.69, 9.17) is 0 Å². The van der Waals surface area contributed by atoms with Gasteiger partial charge in [0.15, 0.2) is 0 Å². The van der Waals surface area contributed by atoms with Crippen LogP contribution in [0.15, 0.2) is 16.7 Å². The molecule has 76 valence electrons. The predicted molar refractivity (Wildman–Crippen MR) is 64.6 cm³/mol. The number of pyridine rings is 1. The second-order valence-electron chi connectivity index (χ2n) is 2.92. The molecule has 0 bridgehead atoms. The smallest absolute Gasteiger partial charge is 0.0911 e. The van der Waals surface area contributed by atoms with Crippen LogP contribution in [-0.4, -0.2) is 9.97 Å². The summed E-state index contributed by atoms with van der Waals surface area (Å²) in [5.74, 6) is 0. The van der Waals surface area contributed by atoms with E-state index in [0.717, 1.165) is 15.5 Å². The molecule has 2 aromatic rings. The fraction of sp³-hybridized carbons (Fsp3) is 0.364. The van der Waals surface area contributed by atoms with Crippen molar-refractivity contribution in [3.05, 3.63) is 28.0 Å².